The van der Waals surface area contributed by atoms with Gasteiger partial charge in [0.25, 0.3) is 5.56 Å². The largest absolute Gasteiger partial charge is 0.333 e. The fourth-order valence-electron chi connectivity index (χ4n) is 1.53. The number of nitrogens with zero attached hydrogens (tertiary/aromatic N) is 1. The van der Waals surface area contributed by atoms with Gasteiger partial charge < -0.3 is 4.98 Å². The summed E-state index contributed by atoms with van der Waals surface area (Å²) in [6.07, 6.45) is 0. The third-order valence-electron chi connectivity index (χ3n) is 2.22. The zero-order valence-corrected chi connectivity index (χ0v) is 10.2. The van der Waals surface area contributed by atoms with Crippen molar-refractivity contribution in [3.63, 3.8) is 0 Å². The highest BCUT2D eigenvalue weighted by Crippen LogP contribution is 2.10. The lowest BCUT2D eigenvalue weighted by Crippen LogP contribution is -2.33. The molecule has 0 spiro atoms. The molecular weight excluding hydrogens is 236 g/mol. The maximum atomic E-state index is 11.9. The second-order valence-corrected chi connectivity index (χ2v) is 4.69. The summed E-state index contributed by atoms with van der Waals surface area (Å²) in [7, 11) is 0. The van der Waals surface area contributed by atoms with E-state index in [9.17, 15) is 9.59 Å². The van der Waals surface area contributed by atoms with Crippen LogP contribution in [0.1, 0.15) is 6.92 Å². The van der Waals surface area contributed by atoms with Crippen LogP contribution in [-0.4, -0.2) is 15.3 Å². The van der Waals surface area contributed by atoms with Crippen molar-refractivity contribution in [3.8, 4) is 5.69 Å². The molecule has 0 aliphatic carbocycles. The third kappa shape index (κ3) is 2.50. The Hall–Kier alpha value is -1.75. The molecule has 1 aromatic carbocycles. The van der Waals surface area contributed by atoms with E-state index in [-0.39, 0.29) is 5.56 Å². The van der Waals surface area contributed by atoms with E-state index in [0.717, 1.165) is 10.3 Å². The molecule has 2 rings (SSSR count). The molecule has 0 saturated carbocycles. The first-order valence-corrected chi connectivity index (χ1v) is 6.25. The zero-order chi connectivity index (χ0) is 12.3. The monoisotopic (exact) mass is 248 g/mol. The lowest BCUT2D eigenvalue weighted by Gasteiger charge is -2.05. The molecule has 0 saturated heterocycles. The topological polar surface area (TPSA) is 54.9 Å². The fraction of sp³-hybridized carbons (Fsp3) is 0.167. The van der Waals surface area contributed by atoms with Gasteiger partial charge in [0.15, 0.2) is 0 Å². The maximum absolute atomic E-state index is 11.9. The van der Waals surface area contributed by atoms with Crippen molar-refractivity contribution >= 4 is 11.8 Å². The number of H-pyrrole nitrogens is 1. The minimum Gasteiger partial charge on any atom is -0.301 e. The van der Waals surface area contributed by atoms with Gasteiger partial charge in [-0.3, -0.25) is 4.79 Å². The van der Waals surface area contributed by atoms with Crippen molar-refractivity contribution in [2.45, 2.75) is 11.9 Å². The summed E-state index contributed by atoms with van der Waals surface area (Å²) in [5.74, 6) is 0.810. The minimum absolute atomic E-state index is 0.309. The van der Waals surface area contributed by atoms with Crippen LogP contribution in [0.4, 0.5) is 0 Å². The van der Waals surface area contributed by atoms with Gasteiger partial charge in [-0.25, -0.2) is 9.36 Å². The number of hydrogen-bond acceptors (Lipinski definition) is 3. The first kappa shape index (κ1) is 11.7. The van der Waals surface area contributed by atoms with Crippen LogP contribution >= 0.6 is 11.8 Å². The molecule has 0 aliphatic heterocycles. The molecule has 1 aromatic heterocycles. The molecule has 2 aromatic rings. The average Bonchev–Trinajstić information content (AvgIpc) is 2.30. The first-order chi connectivity index (χ1) is 8.22. The first-order valence-electron chi connectivity index (χ1n) is 5.27. The van der Waals surface area contributed by atoms with Crippen LogP contribution in [0.2, 0.25) is 0 Å². The Kier molecular flexibility index (Phi) is 3.49. The number of thioether (sulfide) groups is 1. The normalized spacial score (nSPS) is 10.4. The van der Waals surface area contributed by atoms with Crippen molar-refractivity contribution < 1.29 is 0 Å². The number of benzene rings is 1. The molecular formula is C12H12N2O2S. The molecule has 4 nitrogen and oxygen atoms in total. The van der Waals surface area contributed by atoms with Crippen LogP contribution in [0.15, 0.2) is 51.0 Å². The Morgan fingerprint density at radius 3 is 2.53 bits per heavy atom. The molecule has 1 N–H and O–H groups in total. The van der Waals surface area contributed by atoms with E-state index in [1.807, 2.05) is 13.0 Å². The minimum atomic E-state index is -0.403. The summed E-state index contributed by atoms with van der Waals surface area (Å²) in [5.41, 5.74) is -0.137. The van der Waals surface area contributed by atoms with Gasteiger partial charge in [0.2, 0.25) is 0 Å². The van der Waals surface area contributed by atoms with E-state index >= 15 is 0 Å². The van der Waals surface area contributed by atoms with Gasteiger partial charge in [0.05, 0.1) is 10.7 Å². The summed E-state index contributed by atoms with van der Waals surface area (Å²) in [6.45, 7) is 1.96. The molecule has 17 heavy (non-hydrogen) atoms. The Labute approximate surface area is 102 Å². The van der Waals surface area contributed by atoms with Gasteiger partial charge in [-0.05, 0) is 17.9 Å². The van der Waals surface area contributed by atoms with Crippen LogP contribution in [-0.2, 0) is 0 Å². The van der Waals surface area contributed by atoms with Crippen LogP contribution in [0.3, 0.4) is 0 Å². The molecule has 0 fully saturated rings. The zero-order valence-electron chi connectivity index (χ0n) is 9.34. The highest BCUT2D eigenvalue weighted by molar-refractivity contribution is 7.99. The van der Waals surface area contributed by atoms with Crippen molar-refractivity contribution in [3.05, 3.63) is 57.2 Å². The van der Waals surface area contributed by atoms with Gasteiger partial charge >= 0.3 is 5.69 Å². The van der Waals surface area contributed by atoms with Gasteiger partial charge in [-0.2, -0.15) is 0 Å². The highest BCUT2D eigenvalue weighted by atomic mass is 32.2. The molecule has 0 unspecified atom stereocenters. The summed E-state index contributed by atoms with van der Waals surface area (Å²) in [6, 6.07) is 10.3. The third-order valence-corrected chi connectivity index (χ3v) is 3.04. The number of rotatable bonds is 3. The molecule has 0 radical (unpaired) electrons. The lowest BCUT2D eigenvalue weighted by atomic mass is 10.3. The Morgan fingerprint density at radius 1 is 1.24 bits per heavy atom. The number of nitrogens with one attached hydrogen (secondary N) is 1. The summed E-state index contributed by atoms with van der Waals surface area (Å²) in [5, 5.41) is 0.606. The van der Waals surface area contributed by atoms with Crippen molar-refractivity contribution in [1.82, 2.24) is 9.55 Å². The van der Waals surface area contributed by atoms with E-state index in [4.69, 9.17) is 0 Å². The Bertz CT molecular complexity index is 585. The van der Waals surface area contributed by atoms with Gasteiger partial charge in [0, 0.05) is 6.07 Å². The van der Waals surface area contributed by atoms with Crippen LogP contribution in [0, 0.1) is 0 Å². The fourth-order valence-corrected chi connectivity index (χ4v) is 2.18. The van der Waals surface area contributed by atoms with Crippen molar-refractivity contribution in [1.29, 1.82) is 0 Å². The highest BCUT2D eigenvalue weighted by Gasteiger charge is 2.05. The second kappa shape index (κ2) is 5.05. The molecule has 5 heteroatoms. The number of hydrogen-bond donors (Lipinski definition) is 1. The van der Waals surface area contributed by atoms with Gasteiger partial charge in [0.1, 0.15) is 0 Å². The average molecular weight is 248 g/mol. The Balaban J connectivity index is 2.58. The molecule has 0 amide bonds. The van der Waals surface area contributed by atoms with E-state index in [1.54, 1.807) is 24.3 Å². The molecule has 0 bridgehead atoms. The number of aromatic nitrogens is 2. The molecule has 1 heterocycles. The molecule has 88 valence electrons. The van der Waals surface area contributed by atoms with Crippen molar-refractivity contribution in [2.24, 2.45) is 0 Å². The number of para-hydroxylation sites is 1. The standard InChI is InChI=1S/C12H12N2O2S/c1-2-17-10-8-11(15)14(12(16)13-10)9-6-4-3-5-7-9/h3-8H,2H2,1H3,(H,13,16). The summed E-state index contributed by atoms with van der Waals surface area (Å²) >= 11 is 1.44. The maximum Gasteiger partial charge on any atom is 0.333 e. The molecule has 0 atom stereocenters. The van der Waals surface area contributed by atoms with E-state index in [2.05, 4.69) is 4.98 Å². The molecule has 0 aliphatic rings. The van der Waals surface area contributed by atoms with Crippen molar-refractivity contribution in [2.75, 3.05) is 5.75 Å². The second-order valence-electron chi connectivity index (χ2n) is 3.38. The van der Waals surface area contributed by atoms with Gasteiger partial charge in [-0.15, -0.1) is 11.8 Å². The van der Waals surface area contributed by atoms with E-state index < -0.39 is 5.69 Å². The van der Waals surface area contributed by atoms with Crippen LogP contribution < -0.4 is 11.2 Å². The Morgan fingerprint density at radius 2 is 1.94 bits per heavy atom. The summed E-state index contributed by atoms with van der Waals surface area (Å²) < 4.78 is 1.12. The van der Waals surface area contributed by atoms with Crippen LogP contribution in [0.5, 0.6) is 0 Å². The van der Waals surface area contributed by atoms with E-state index in [1.165, 1.54) is 17.8 Å². The predicted molar refractivity (Wildman–Crippen MR) is 69.1 cm³/mol. The van der Waals surface area contributed by atoms with E-state index in [0.29, 0.717) is 10.7 Å². The summed E-state index contributed by atoms with van der Waals surface area (Å²) in [4.78, 5) is 26.4. The quantitative estimate of drug-likeness (QED) is 0.663. The lowest BCUT2D eigenvalue weighted by molar-refractivity contribution is 0.833. The smallest absolute Gasteiger partial charge is 0.301 e. The number of aromatic amines is 1. The SMILES string of the molecule is CCSc1cc(=O)n(-c2ccccc2)c(=O)[nH]1. The van der Waals surface area contributed by atoms with Gasteiger partial charge in [-0.1, -0.05) is 25.1 Å². The predicted octanol–water partition coefficient (Wildman–Crippen LogP) is 1.64. The van der Waals surface area contributed by atoms with Crippen LogP contribution in [0.25, 0.3) is 5.69 Å².